The van der Waals surface area contributed by atoms with Crippen molar-refractivity contribution in [3.63, 3.8) is 0 Å². The number of fused-ring (bicyclic) bond motifs is 4. The highest BCUT2D eigenvalue weighted by molar-refractivity contribution is 5.66. The van der Waals surface area contributed by atoms with Gasteiger partial charge in [-0.2, -0.15) is 0 Å². The zero-order valence-electron chi connectivity index (χ0n) is 29.1. The standard InChI is InChI=1S/C37H56O10/c1-17(2)28-21-13-18(3)29-34(8)25(44-19(4)38)14-36-16-35(36)12-11-24(45-30-27(41)26(40)20(39)15-43-30)32(5,6)22(35)9-10-23(36)33(34,7)31(42)37(29,46-21)47-28/h18,20-31,39-42H,1,9-16H2,2-8H3/t18-,20+,21-,22+,23+,24+,25-,26+,27-,28+,29-,30-,31-,33-,34-,35-,36+,37+/m1/s1. The lowest BCUT2D eigenvalue weighted by Gasteiger charge is -2.65. The van der Waals surface area contributed by atoms with E-state index in [-0.39, 0.29) is 64.9 Å². The normalized spacial score (nSPS) is 59.9. The first-order valence-corrected chi connectivity index (χ1v) is 18.1. The van der Waals surface area contributed by atoms with Crippen LogP contribution < -0.4 is 0 Å². The van der Waals surface area contributed by atoms with Gasteiger partial charge in [0.25, 0.3) is 0 Å². The molecular formula is C37H56O10. The smallest absolute Gasteiger partial charge is 0.302 e. The number of ether oxygens (including phenoxy) is 5. The molecule has 3 spiro atoms. The van der Waals surface area contributed by atoms with E-state index in [9.17, 15) is 25.2 Å². The van der Waals surface area contributed by atoms with E-state index in [1.54, 1.807) is 0 Å². The van der Waals surface area contributed by atoms with E-state index in [4.69, 9.17) is 23.7 Å². The van der Waals surface area contributed by atoms with Gasteiger partial charge in [0.15, 0.2) is 12.1 Å². The summed E-state index contributed by atoms with van der Waals surface area (Å²) in [7, 11) is 0. The van der Waals surface area contributed by atoms with Crippen molar-refractivity contribution in [3.05, 3.63) is 12.2 Å². The van der Waals surface area contributed by atoms with Crippen LogP contribution in [-0.2, 0) is 28.5 Å². The van der Waals surface area contributed by atoms with Gasteiger partial charge in [0.2, 0.25) is 0 Å². The Morgan fingerprint density at radius 2 is 1.60 bits per heavy atom. The van der Waals surface area contributed by atoms with Crippen molar-refractivity contribution in [1.29, 1.82) is 0 Å². The van der Waals surface area contributed by atoms with Crippen LogP contribution in [0, 0.1) is 50.7 Å². The highest BCUT2D eigenvalue weighted by atomic mass is 16.8. The first-order valence-electron chi connectivity index (χ1n) is 18.1. The molecule has 2 bridgehead atoms. The molecule has 0 radical (unpaired) electrons. The third kappa shape index (κ3) is 3.78. The number of esters is 1. The zero-order valence-corrected chi connectivity index (χ0v) is 29.1. The number of hydrogen-bond acceptors (Lipinski definition) is 10. The Kier molecular flexibility index (Phi) is 7.05. The van der Waals surface area contributed by atoms with Crippen molar-refractivity contribution < 1.29 is 48.9 Å². The van der Waals surface area contributed by atoms with Gasteiger partial charge in [-0.1, -0.05) is 41.2 Å². The SMILES string of the molecule is C=C(C)[C@@H]1O[C@@]23O[C@@H]1C[C@@H](C)[C@@H]2[C@@]1(C)[C@H](OC(C)=O)C[C@@]24C[C@@]25CC[C@H](O[C@H]2OC[C@H](O)[C@H](O)[C@H]2O)C(C)(C)[C@@H]5CC[C@H]4[C@]1(C)[C@H]3O. The Morgan fingerprint density at radius 1 is 0.894 bits per heavy atom. The van der Waals surface area contributed by atoms with Gasteiger partial charge in [-0.3, -0.25) is 4.79 Å². The molecule has 0 unspecified atom stereocenters. The van der Waals surface area contributed by atoms with Gasteiger partial charge >= 0.3 is 5.97 Å². The maximum Gasteiger partial charge on any atom is 0.302 e. The van der Waals surface area contributed by atoms with Gasteiger partial charge < -0.3 is 44.1 Å². The predicted molar refractivity (Wildman–Crippen MR) is 168 cm³/mol. The Bertz CT molecular complexity index is 1350. The van der Waals surface area contributed by atoms with Gasteiger partial charge in [-0.05, 0) is 91.4 Å². The number of rotatable bonds is 4. The van der Waals surface area contributed by atoms with Crippen LogP contribution >= 0.6 is 0 Å². The first-order chi connectivity index (χ1) is 21.9. The molecule has 10 nitrogen and oxygen atoms in total. The van der Waals surface area contributed by atoms with Crippen LogP contribution in [0.5, 0.6) is 0 Å². The second kappa shape index (κ2) is 10.0. The number of aliphatic hydroxyl groups excluding tert-OH is 4. The molecule has 5 saturated carbocycles. The van der Waals surface area contributed by atoms with E-state index < -0.39 is 53.4 Å². The average Bonchev–Trinajstić information content (AvgIpc) is 3.49. The number of aliphatic hydroxyl groups is 4. The highest BCUT2D eigenvalue weighted by Crippen LogP contribution is 2.90. The fraction of sp³-hybridized carbons (Fsp3) is 0.919. The van der Waals surface area contributed by atoms with Crippen molar-refractivity contribution >= 4 is 5.97 Å². The molecule has 3 saturated heterocycles. The molecule has 8 rings (SSSR count). The van der Waals surface area contributed by atoms with Crippen LogP contribution in [0.2, 0.25) is 0 Å². The second-order valence-corrected chi connectivity index (χ2v) is 18.1. The van der Waals surface area contributed by atoms with Crippen molar-refractivity contribution in [2.24, 2.45) is 50.7 Å². The van der Waals surface area contributed by atoms with Crippen LogP contribution in [0.1, 0.15) is 93.4 Å². The maximum atomic E-state index is 12.9. The Hall–Kier alpha value is -1.11. The molecule has 0 aromatic carbocycles. The Labute approximate surface area is 278 Å². The van der Waals surface area contributed by atoms with Gasteiger partial charge in [0.1, 0.15) is 36.6 Å². The van der Waals surface area contributed by atoms with E-state index in [1.165, 1.54) is 6.92 Å². The summed E-state index contributed by atoms with van der Waals surface area (Å²) in [6.45, 7) is 18.9. The summed E-state index contributed by atoms with van der Waals surface area (Å²) in [6, 6.07) is 0. The Balaban J connectivity index is 1.16. The van der Waals surface area contributed by atoms with E-state index in [0.717, 1.165) is 50.5 Å². The molecular weight excluding hydrogens is 604 g/mol. The number of hydrogen-bond donors (Lipinski definition) is 4. The van der Waals surface area contributed by atoms with E-state index >= 15 is 0 Å². The average molecular weight is 661 g/mol. The molecule has 0 aromatic rings. The Morgan fingerprint density at radius 3 is 2.28 bits per heavy atom. The van der Waals surface area contributed by atoms with Gasteiger partial charge in [-0.25, -0.2) is 0 Å². The molecule has 0 aromatic heterocycles. The molecule has 47 heavy (non-hydrogen) atoms. The summed E-state index contributed by atoms with van der Waals surface area (Å²) in [5.74, 6) is -0.937. The minimum Gasteiger partial charge on any atom is -0.462 e. The maximum absolute atomic E-state index is 12.9. The summed E-state index contributed by atoms with van der Waals surface area (Å²) < 4.78 is 32.3. The fourth-order valence-corrected chi connectivity index (χ4v) is 14.1. The van der Waals surface area contributed by atoms with Crippen molar-refractivity contribution in [1.82, 2.24) is 0 Å². The molecule has 3 aliphatic heterocycles. The summed E-state index contributed by atoms with van der Waals surface area (Å²) in [5, 5.41) is 43.8. The monoisotopic (exact) mass is 660 g/mol. The van der Waals surface area contributed by atoms with Gasteiger partial charge in [-0.15, -0.1) is 0 Å². The lowest BCUT2D eigenvalue weighted by Crippen LogP contribution is -2.65. The predicted octanol–water partition coefficient (Wildman–Crippen LogP) is 3.47. The molecule has 264 valence electrons. The van der Waals surface area contributed by atoms with Gasteiger partial charge in [0, 0.05) is 23.7 Å². The molecule has 0 amide bonds. The first kappa shape index (κ1) is 33.1. The quantitative estimate of drug-likeness (QED) is 0.201. The molecule has 3 heterocycles. The van der Waals surface area contributed by atoms with Crippen molar-refractivity contribution in [2.45, 2.75) is 154 Å². The minimum absolute atomic E-state index is 0.000687. The van der Waals surface area contributed by atoms with Crippen LogP contribution in [0.25, 0.3) is 0 Å². The summed E-state index contributed by atoms with van der Waals surface area (Å²) in [6.07, 6.45) is -0.572. The summed E-state index contributed by atoms with van der Waals surface area (Å²) in [4.78, 5) is 12.9. The number of carbonyl (C=O) groups is 1. The van der Waals surface area contributed by atoms with Crippen LogP contribution in [0.4, 0.5) is 0 Å². The molecule has 8 aliphatic rings. The van der Waals surface area contributed by atoms with Crippen LogP contribution in [-0.4, -0.2) is 93.9 Å². The van der Waals surface area contributed by atoms with E-state index in [1.807, 2.05) is 6.92 Å². The van der Waals surface area contributed by atoms with Crippen molar-refractivity contribution in [3.8, 4) is 0 Å². The molecule has 18 atom stereocenters. The lowest BCUT2D eigenvalue weighted by molar-refractivity contribution is -0.304. The fourth-order valence-electron chi connectivity index (χ4n) is 14.1. The minimum atomic E-state index is -1.33. The highest BCUT2D eigenvalue weighted by Gasteiger charge is 2.90. The summed E-state index contributed by atoms with van der Waals surface area (Å²) >= 11 is 0. The molecule has 4 N–H and O–H groups in total. The largest absolute Gasteiger partial charge is 0.462 e. The van der Waals surface area contributed by atoms with E-state index in [0.29, 0.717) is 5.92 Å². The second-order valence-electron chi connectivity index (χ2n) is 18.1. The van der Waals surface area contributed by atoms with Gasteiger partial charge in [0.05, 0.1) is 18.8 Å². The topological polar surface area (TPSA) is 144 Å². The third-order valence-corrected chi connectivity index (χ3v) is 16.0. The van der Waals surface area contributed by atoms with E-state index in [2.05, 4.69) is 41.2 Å². The number of carbonyl (C=O) groups excluding carboxylic acids is 1. The molecule has 10 heteroatoms. The molecule has 8 fully saturated rings. The van der Waals surface area contributed by atoms with Crippen LogP contribution in [0.15, 0.2) is 12.2 Å². The molecule has 5 aliphatic carbocycles. The lowest BCUT2D eigenvalue weighted by atomic mass is 9.40. The summed E-state index contributed by atoms with van der Waals surface area (Å²) in [5.41, 5.74) is -0.690. The van der Waals surface area contributed by atoms with Crippen molar-refractivity contribution in [2.75, 3.05) is 6.61 Å². The zero-order chi connectivity index (χ0) is 33.9. The third-order valence-electron chi connectivity index (χ3n) is 16.0. The van der Waals surface area contributed by atoms with Crippen LogP contribution in [0.3, 0.4) is 0 Å².